The van der Waals surface area contributed by atoms with Crippen LogP contribution in [0.4, 0.5) is 0 Å². The molecular weight excluding hydrogens is 296 g/mol. The van der Waals surface area contributed by atoms with E-state index in [4.69, 9.17) is 4.74 Å². The Morgan fingerprint density at radius 1 is 0.667 bits per heavy atom. The van der Waals surface area contributed by atoms with Crippen molar-refractivity contribution >= 4 is 5.97 Å². The second-order valence-corrected chi connectivity index (χ2v) is 7.17. The van der Waals surface area contributed by atoms with Gasteiger partial charge in [0.25, 0.3) is 0 Å². The average Bonchev–Trinajstić information content (AvgIpc) is 2.61. The van der Waals surface area contributed by atoms with Crippen molar-refractivity contribution in [2.75, 3.05) is 0 Å². The van der Waals surface area contributed by atoms with Gasteiger partial charge in [-0.1, -0.05) is 94.5 Å². The van der Waals surface area contributed by atoms with Gasteiger partial charge >= 0.3 is 5.97 Å². The third kappa shape index (κ3) is 7.99. The first kappa shape index (κ1) is 19.0. The zero-order valence-electron chi connectivity index (χ0n) is 15.2. The van der Waals surface area contributed by atoms with Gasteiger partial charge in [0.2, 0.25) is 0 Å². The number of carbonyl (C=O) groups excluding carboxylic acids is 1. The Balaban J connectivity index is 1.87. The number of carbonyl (C=O) groups is 1. The highest BCUT2D eigenvalue weighted by Crippen LogP contribution is 2.25. The number of ether oxygens (including phenoxy) is 1. The van der Waals surface area contributed by atoms with E-state index in [0.717, 1.165) is 31.2 Å². The predicted molar refractivity (Wildman–Crippen MR) is 99.9 cm³/mol. The lowest BCUT2D eigenvalue weighted by atomic mass is 10.0. The van der Waals surface area contributed by atoms with E-state index in [9.17, 15) is 4.79 Å². The van der Waals surface area contributed by atoms with Gasteiger partial charge in [-0.25, -0.2) is 0 Å². The summed E-state index contributed by atoms with van der Waals surface area (Å²) in [5, 5.41) is 0. The molecule has 1 aliphatic heterocycles. The predicted octanol–water partition coefficient (Wildman–Crippen LogP) is 6.75. The lowest BCUT2D eigenvalue weighted by molar-refractivity contribution is -0.150. The van der Waals surface area contributed by atoms with Crippen LogP contribution in [0.5, 0.6) is 0 Å². The number of cyclic esters (lactones) is 1. The zero-order chi connectivity index (χ0) is 16.9. The summed E-state index contributed by atoms with van der Waals surface area (Å²) < 4.78 is 5.82. The average molecular weight is 331 g/mol. The van der Waals surface area contributed by atoms with Crippen LogP contribution in [-0.2, 0) is 9.53 Å². The van der Waals surface area contributed by atoms with E-state index in [1.807, 2.05) is 18.2 Å². The molecule has 0 amide bonds. The van der Waals surface area contributed by atoms with Crippen LogP contribution in [0.25, 0.3) is 0 Å². The number of rotatable bonds is 1. The molecule has 0 radical (unpaired) electrons. The van der Waals surface area contributed by atoms with Gasteiger partial charge in [-0.05, 0) is 24.8 Å². The topological polar surface area (TPSA) is 26.3 Å². The lowest BCUT2D eigenvalue weighted by Gasteiger charge is -2.18. The van der Waals surface area contributed by atoms with E-state index in [1.54, 1.807) is 0 Å². The number of benzene rings is 1. The van der Waals surface area contributed by atoms with Crippen LogP contribution in [0.3, 0.4) is 0 Å². The van der Waals surface area contributed by atoms with Crippen LogP contribution < -0.4 is 0 Å². The summed E-state index contributed by atoms with van der Waals surface area (Å²) in [6.45, 7) is 0. The van der Waals surface area contributed by atoms with Crippen molar-refractivity contribution in [2.24, 2.45) is 0 Å². The molecule has 2 heteroatoms. The van der Waals surface area contributed by atoms with Gasteiger partial charge in [0.1, 0.15) is 6.10 Å². The van der Waals surface area contributed by atoms with E-state index in [1.165, 1.54) is 57.8 Å². The monoisotopic (exact) mass is 330 g/mol. The Bertz CT molecular complexity index is 441. The molecule has 1 saturated heterocycles. The molecule has 0 spiro atoms. The van der Waals surface area contributed by atoms with Crippen LogP contribution in [0.2, 0.25) is 0 Å². The molecule has 0 aromatic heterocycles. The summed E-state index contributed by atoms with van der Waals surface area (Å²) >= 11 is 0. The van der Waals surface area contributed by atoms with E-state index < -0.39 is 0 Å². The lowest BCUT2D eigenvalue weighted by Crippen LogP contribution is -2.11. The van der Waals surface area contributed by atoms with Crippen LogP contribution in [0.1, 0.15) is 102 Å². The smallest absolute Gasteiger partial charge is 0.306 e. The Labute approximate surface area is 148 Å². The van der Waals surface area contributed by atoms with E-state index in [0.29, 0.717) is 6.42 Å². The van der Waals surface area contributed by atoms with E-state index >= 15 is 0 Å². The molecule has 0 aliphatic carbocycles. The van der Waals surface area contributed by atoms with Gasteiger partial charge in [0.15, 0.2) is 0 Å². The normalized spacial score (nSPS) is 23.2. The summed E-state index contributed by atoms with van der Waals surface area (Å²) in [6.07, 6.45) is 16.8. The van der Waals surface area contributed by atoms with E-state index in [-0.39, 0.29) is 12.1 Å². The fraction of sp³-hybridized carbons (Fsp3) is 0.682. The second kappa shape index (κ2) is 12.1. The highest BCUT2D eigenvalue weighted by Gasteiger charge is 2.16. The van der Waals surface area contributed by atoms with Crippen molar-refractivity contribution in [3.63, 3.8) is 0 Å². The van der Waals surface area contributed by atoms with Crippen LogP contribution in [0, 0.1) is 0 Å². The molecule has 2 nitrogen and oxygen atoms in total. The molecule has 0 N–H and O–H groups in total. The fourth-order valence-electron chi connectivity index (χ4n) is 3.55. The van der Waals surface area contributed by atoms with Crippen LogP contribution in [0.15, 0.2) is 30.3 Å². The molecule has 1 aliphatic rings. The summed E-state index contributed by atoms with van der Waals surface area (Å²) in [5.41, 5.74) is 1.14. The Morgan fingerprint density at radius 3 is 1.75 bits per heavy atom. The summed E-state index contributed by atoms with van der Waals surface area (Å²) in [5.74, 6) is -0.0202. The number of hydrogen-bond acceptors (Lipinski definition) is 2. The molecule has 1 aromatic carbocycles. The third-order valence-corrected chi connectivity index (χ3v) is 5.04. The van der Waals surface area contributed by atoms with Gasteiger partial charge in [-0.3, -0.25) is 4.79 Å². The molecular formula is C22H34O2. The first-order valence-electron chi connectivity index (χ1n) is 10.1. The highest BCUT2D eigenvalue weighted by atomic mass is 16.5. The number of hydrogen-bond donors (Lipinski definition) is 0. The van der Waals surface area contributed by atoms with Crippen molar-refractivity contribution in [1.29, 1.82) is 0 Å². The van der Waals surface area contributed by atoms with Gasteiger partial charge in [0, 0.05) is 6.42 Å². The summed E-state index contributed by atoms with van der Waals surface area (Å²) in [6, 6.07) is 10.3. The Morgan fingerprint density at radius 2 is 1.17 bits per heavy atom. The molecule has 1 atom stereocenters. The van der Waals surface area contributed by atoms with Crippen molar-refractivity contribution in [3.8, 4) is 0 Å². The fourth-order valence-corrected chi connectivity index (χ4v) is 3.55. The van der Waals surface area contributed by atoms with Gasteiger partial charge < -0.3 is 4.74 Å². The maximum Gasteiger partial charge on any atom is 0.306 e. The minimum absolute atomic E-state index is 0.0202. The molecule has 1 heterocycles. The second-order valence-electron chi connectivity index (χ2n) is 7.17. The largest absolute Gasteiger partial charge is 0.457 e. The molecule has 2 rings (SSSR count). The third-order valence-electron chi connectivity index (χ3n) is 5.04. The molecule has 1 aromatic rings. The minimum atomic E-state index is -0.0608. The standard InChI is InChI=1S/C22H34O2/c23-22-19-15-10-8-6-4-2-1-3-5-7-9-14-18-21(24-22)20-16-12-11-13-17-20/h11-13,16-17,21H,1-10,14-15,18-19H2/t21-/m1/s1. The first-order valence-corrected chi connectivity index (χ1v) is 10.1. The molecule has 134 valence electrons. The van der Waals surface area contributed by atoms with Crippen molar-refractivity contribution in [3.05, 3.63) is 35.9 Å². The van der Waals surface area contributed by atoms with Crippen molar-refractivity contribution in [1.82, 2.24) is 0 Å². The van der Waals surface area contributed by atoms with Gasteiger partial charge in [0.05, 0.1) is 0 Å². The molecule has 24 heavy (non-hydrogen) atoms. The van der Waals surface area contributed by atoms with Crippen LogP contribution in [-0.4, -0.2) is 5.97 Å². The minimum Gasteiger partial charge on any atom is -0.457 e. The summed E-state index contributed by atoms with van der Waals surface area (Å²) in [7, 11) is 0. The van der Waals surface area contributed by atoms with Gasteiger partial charge in [-0.15, -0.1) is 0 Å². The zero-order valence-corrected chi connectivity index (χ0v) is 15.2. The quantitative estimate of drug-likeness (QED) is 0.533. The Kier molecular flexibility index (Phi) is 9.60. The SMILES string of the molecule is O=C1CCCCCCCCCCCCCC[C@H](c2ccccc2)O1. The van der Waals surface area contributed by atoms with Gasteiger partial charge in [-0.2, -0.15) is 0 Å². The van der Waals surface area contributed by atoms with Crippen molar-refractivity contribution < 1.29 is 9.53 Å². The molecule has 0 bridgehead atoms. The first-order chi connectivity index (χ1) is 11.9. The van der Waals surface area contributed by atoms with Crippen molar-refractivity contribution in [2.45, 2.75) is 96.0 Å². The van der Waals surface area contributed by atoms with E-state index in [2.05, 4.69) is 12.1 Å². The molecule has 0 saturated carbocycles. The number of esters is 1. The van der Waals surface area contributed by atoms with Crippen LogP contribution >= 0.6 is 0 Å². The highest BCUT2D eigenvalue weighted by molar-refractivity contribution is 5.69. The molecule has 1 fully saturated rings. The summed E-state index contributed by atoms with van der Waals surface area (Å²) in [4.78, 5) is 12.2. The Hall–Kier alpha value is -1.31. The maximum absolute atomic E-state index is 12.2. The molecule has 0 unspecified atom stereocenters. The maximum atomic E-state index is 12.2.